The molecule has 0 aromatic heterocycles. The van der Waals surface area contributed by atoms with E-state index in [0.717, 1.165) is 12.1 Å². The molecule has 0 atom stereocenters. The quantitative estimate of drug-likeness (QED) is 0.103. The third-order valence-electron chi connectivity index (χ3n) is 5.99. The molecule has 9 nitrogen and oxygen atoms in total. The molecule has 2 aromatic carbocycles. The molecular weight excluding hydrogens is 658 g/mol. The highest BCUT2D eigenvalue weighted by atomic mass is 32.2. The van der Waals surface area contributed by atoms with Crippen LogP contribution in [0.1, 0.15) is 23.2 Å². The van der Waals surface area contributed by atoms with E-state index in [1.807, 2.05) is 0 Å². The third-order valence-corrected chi connectivity index (χ3v) is 8.36. The molecule has 1 amide bonds. The van der Waals surface area contributed by atoms with Gasteiger partial charge in [-0.15, -0.1) is 0 Å². The highest BCUT2D eigenvalue weighted by Crippen LogP contribution is 2.36. The van der Waals surface area contributed by atoms with Crippen molar-refractivity contribution in [2.45, 2.75) is 37.5 Å². The topological polar surface area (TPSA) is 133 Å². The van der Waals surface area contributed by atoms with Gasteiger partial charge in [-0.2, -0.15) is 34.4 Å². The first-order valence-electron chi connectivity index (χ1n) is 12.3. The predicted octanol–water partition coefficient (Wildman–Crippen LogP) is 4.77. The van der Waals surface area contributed by atoms with E-state index in [1.165, 1.54) is 48.5 Å². The molecule has 0 bridgehead atoms. The Bertz CT molecular complexity index is 1420. The van der Waals surface area contributed by atoms with Gasteiger partial charge in [0, 0.05) is 11.3 Å². The van der Waals surface area contributed by atoms with Gasteiger partial charge >= 0.3 is 24.7 Å². The molecule has 0 saturated heterocycles. The van der Waals surface area contributed by atoms with Crippen LogP contribution in [0.15, 0.2) is 60.7 Å². The van der Waals surface area contributed by atoms with E-state index in [2.05, 4.69) is 13.7 Å². The Balaban J connectivity index is 2.53. The van der Waals surface area contributed by atoms with Crippen LogP contribution in [0.25, 0.3) is 0 Å². The van der Waals surface area contributed by atoms with Gasteiger partial charge in [0.05, 0.1) is 11.5 Å². The summed E-state index contributed by atoms with van der Waals surface area (Å²) in [5.41, 5.74) is -3.03. The molecule has 0 unspecified atom stereocenters. The minimum atomic E-state index is -5.21. The zero-order valence-corrected chi connectivity index (χ0v) is 23.9. The van der Waals surface area contributed by atoms with Crippen molar-refractivity contribution in [1.29, 1.82) is 0 Å². The number of nitrogens with one attached hydrogen (secondary N) is 1. The number of hydrogen-bond donors (Lipinski definition) is 1. The van der Waals surface area contributed by atoms with Gasteiger partial charge in [-0.1, -0.05) is 48.5 Å². The van der Waals surface area contributed by atoms with E-state index < -0.39 is 99.6 Å². The number of para-hydroxylation sites is 1. The minimum absolute atomic E-state index is 0.00843. The SMILES string of the molecule is O=C(Nc1ccccc1)C(CCS(=O)(=O)OCC(F)(F)C(F)F)(CCS(=O)(=O)OCC(F)(F)C(F)F)C(=O)c1ccccc1. The summed E-state index contributed by atoms with van der Waals surface area (Å²) in [5.74, 6) is -15.3. The second-order valence-corrected chi connectivity index (χ2v) is 12.8. The summed E-state index contributed by atoms with van der Waals surface area (Å²) in [6.45, 7) is -4.60. The number of carbonyl (C=O) groups excluding carboxylic acids is 2. The van der Waals surface area contributed by atoms with Crippen LogP contribution >= 0.6 is 0 Å². The van der Waals surface area contributed by atoms with Gasteiger partial charge in [-0.25, -0.2) is 17.6 Å². The Kier molecular flexibility index (Phi) is 12.4. The summed E-state index contributed by atoms with van der Waals surface area (Å²) in [6.07, 6.45) is -11.0. The molecule has 0 fully saturated rings. The third kappa shape index (κ3) is 10.5. The lowest BCUT2D eigenvalue weighted by atomic mass is 9.74. The van der Waals surface area contributed by atoms with Crippen molar-refractivity contribution in [3.05, 3.63) is 66.2 Å². The Morgan fingerprint density at radius 1 is 0.682 bits per heavy atom. The second-order valence-electron chi connectivity index (χ2n) is 9.27. The van der Waals surface area contributed by atoms with E-state index in [9.17, 15) is 61.5 Å². The fourth-order valence-electron chi connectivity index (χ4n) is 3.50. The fraction of sp³-hybridized carbons (Fsp3) is 0.440. The molecule has 0 saturated carbocycles. The number of benzene rings is 2. The summed E-state index contributed by atoms with van der Waals surface area (Å²) in [4.78, 5) is 27.4. The minimum Gasteiger partial charge on any atom is -0.325 e. The zero-order chi connectivity index (χ0) is 33.4. The van der Waals surface area contributed by atoms with E-state index in [1.54, 1.807) is 0 Å². The lowest BCUT2D eigenvalue weighted by molar-refractivity contribution is -0.147. The van der Waals surface area contributed by atoms with Gasteiger partial charge in [-0.05, 0) is 25.0 Å². The van der Waals surface area contributed by atoms with Crippen molar-refractivity contribution in [2.75, 3.05) is 30.0 Å². The molecule has 246 valence electrons. The zero-order valence-electron chi connectivity index (χ0n) is 22.3. The number of alkyl halides is 8. The molecule has 2 rings (SSSR count). The number of hydrogen-bond acceptors (Lipinski definition) is 8. The van der Waals surface area contributed by atoms with Gasteiger partial charge in [0.2, 0.25) is 5.91 Å². The maximum Gasteiger partial charge on any atom is 0.331 e. The number of rotatable bonds is 18. The summed E-state index contributed by atoms with van der Waals surface area (Å²) < 4.78 is 161. The van der Waals surface area contributed by atoms with Gasteiger partial charge < -0.3 is 5.32 Å². The molecule has 0 heterocycles. The molecule has 44 heavy (non-hydrogen) atoms. The summed E-state index contributed by atoms with van der Waals surface area (Å²) in [5, 5.41) is 2.28. The summed E-state index contributed by atoms with van der Waals surface area (Å²) >= 11 is 0. The smallest absolute Gasteiger partial charge is 0.325 e. The molecule has 0 aliphatic heterocycles. The van der Waals surface area contributed by atoms with Crippen molar-refractivity contribution < 1.29 is 69.9 Å². The summed E-state index contributed by atoms with van der Waals surface area (Å²) in [6, 6.07) is 13.4. The van der Waals surface area contributed by atoms with E-state index in [4.69, 9.17) is 0 Å². The Morgan fingerprint density at radius 2 is 1.07 bits per heavy atom. The van der Waals surface area contributed by atoms with Crippen LogP contribution in [0.4, 0.5) is 40.8 Å². The summed E-state index contributed by atoms with van der Waals surface area (Å²) in [7, 11) is -10.4. The molecule has 19 heteroatoms. The highest BCUT2D eigenvalue weighted by Gasteiger charge is 2.49. The number of carbonyl (C=O) groups is 2. The van der Waals surface area contributed by atoms with E-state index >= 15 is 0 Å². The van der Waals surface area contributed by atoms with Gasteiger partial charge in [0.15, 0.2) is 5.78 Å². The van der Waals surface area contributed by atoms with E-state index in [0.29, 0.717) is 0 Å². The monoisotopic (exact) mass is 683 g/mol. The van der Waals surface area contributed by atoms with Crippen LogP contribution in [0.5, 0.6) is 0 Å². The van der Waals surface area contributed by atoms with Crippen LogP contribution in [0.3, 0.4) is 0 Å². The molecule has 2 aromatic rings. The number of halogens is 8. The van der Waals surface area contributed by atoms with Crippen LogP contribution in [-0.2, 0) is 33.4 Å². The van der Waals surface area contributed by atoms with Crippen LogP contribution < -0.4 is 5.32 Å². The fourth-order valence-corrected chi connectivity index (χ4v) is 5.61. The number of amides is 1. The van der Waals surface area contributed by atoms with Crippen LogP contribution in [0.2, 0.25) is 0 Å². The first kappa shape index (κ1) is 37.0. The molecular formula is C25H25F8NO8S2. The van der Waals surface area contributed by atoms with Gasteiger partial charge in [0.1, 0.15) is 18.6 Å². The normalized spacial score (nSPS) is 13.3. The van der Waals surface area contributed by atoms with Crippen molar-refractivity contribution in [1.82, 2.24) is 0 Å². The van der Waals surface area contributed by atoms with Crippen molar-refractivity contribution in [3.8, 4) is 0 Å². The second kappa shape index (κ2) is 14.7. The number of ketones is 1. The highest BCUT2D eigenvalue weighted by molar-refractivity contribution is 7.87. The molecule has 0 spiro atoms. The lowest BCUT2D eigenvalue weighted by Gasteiger charge is -2.31. The van der Waals surface area contributed by atoms with E-state index in [-0.39, 0.29) is 11.3 Å². The maximum atomic E-state index is 13.8. The van der Waals surface area contributed by atoms with Crippen molar-refractivity contribution in [3.63, 3.8) is 0 Å². The van der Waals surface area contributed by atoms with Crippen molar-refractivity contribution in [2.24, 2.45) is 5.41 Å². The predicted molar refractivity (Wildman–Crippen MR) is 139 cm³/mol. The Morgan fingerprint density at radius 3 is 1.45 bits per heavy atom. The molecule has 1 N–H and O–H groups in total. The van der Waals surface area contributed by atoms with Gasteiger partial charge in [-0.3, -0.25) is 18.0 Å². The largest absolute Gasteiger partial charge is 0.331 e. The molecule has 0 radical (unpaired) electrons. The lowest BCUT2D eigenvalue weighted by Crippen LogP contribution is -2.46. The van der Waals surface area contributed by atoms with Crippen LogP contribution in [0, 0.1) is 5.41 Å². The molecule has 0 aliphatic carbocycles. The first-order chi connectivity index (χ1) is 20.2. The maximum absolute atomic E-state index is 13.8. The van der Waals surface area contributed by atoms with Gasteiger partial charge in [0.25, 0.3) is 20.2 Å². The Hall–Kier alpha value is -3.16. The first-order valence-corrected chi connectivity index (χ1v) is 15.4. The standard InChI is InChI=1S/C25H25F8NO8S2/c26-20(27)24(30,31)15-41-43(37,38)13-11-23(19(35)17-7-3-1-4-8-17,22(36)34-18-9-5-2-6-10-18)12-14-44(39,40)42-16-25(32,33)21(28)29/h1-10,20-21H,11-16H2,(H,34,36). The van der Waals surface area contributed by atoms with Crippen LogP contribution in [-0.4, -0.2) is 77.9 Å². The molecule has 0 aliphatic rings. The number of anilines is 1. The Labute approximate surface area is 246 Å². The average Bonchev–Trinajstić information content (AvgIpc) is 2.96. The number of Topliss-reactive ketones (excluding diaryl/α,β-unsaturated/α-hetero) is 1. The van der Waals surface area contributed by atoms with Crippen molar-refractivity contribution >= 4 is 37.6 Å². The average molecular weight is 684 g/mol.